The first-order valence-electron chi connectivity index (χ1n) is 8.89. The average molecular weight is 408 g/mol. The summed E-state index contributed by atoms with van der Waals surface area (Å²) in [6.45, 7) is 0. The van der Waals surface area contributed by atoms with Crippen LogP contribution in [0.4, 0.5) is 5.69 Å². The van der Waals surface area contributed by atoms with Gasteiger partial charge in [-0.05, 0) is 31.2 Å². The van der Waals surface area contributed by atoms with Gasteiger partial charge in [0.25, 0.3) is 5.91 Å². The fourth-order valence-electron chi connectivity index (χ4n) is 3.56. The largest absolute Gasteiger partial charge is 0.318 e. The van der Waals surface area contributed by atoms with Crippen molar-refractivity contribution in [1.82, 2.24) is 10.4 Å². The van der Waals surface area contributed by atoms with Crippen LogP contribution in [0.25, 0.3) is 21.5 Å². The van der Waals surface area contributed by atoms with E-state index >= 15 is 0 Å². The number of fused-ring (bicyclic) bond motifs is 3. The molecule has 0 unspecified atom stereocenters. The Morgan fingerprint density at radius 2 is 2.00 bits per heavy atom. The molecule has 2 heterocycles. The van der Waals surface area contributed by atoms with Gasteiger partial charge in [0.05, 0.1) is 11.4 Å². The lowest BCUT2D eigenvalue weighted by Gasteiger charge is -2.15. The van der Waals surface area contributed by atoms with Crippen LogP contribution in [0.3, 0.4) is 0 Å². The number of hydrogen-bond acceptors (Lipinski definition) is 6. The van der Waals surface area contributed by atoms with Crippen molar-refractivity contribution < 1.29 is 4.79 Å². The summed E-state index contributed by atoms with van der Waals surface area (Å²) >= 11 is 6.60. The van der Waals surface area contributed by atoms with Crippen molar-refractivity contribution in [1.29, 1.82) is 5.26 Å². The Balaban J connectivity index is 2.01. The topological polar surface area (TPSA) is 104 Å². The predicted octanol–water partition coefficient (Wildman–Crippen LogP) is 3.44. The molecule has 4 N–H and O–H groups in total. The molecule has 2 aromatic heterocycles. The summed E-state index contributed by atoms with van der Waals surface area (Å²) in [5.41, 5.74) is 5.55. The van der Waals surface area contributed by atoms with Crippen molar-refractivity contribution >= 4 is 50.4 Å². The molecular weight excluding hydrogens is 390 g/mol. The van der Waals surface area contributed by atoms with Gasteiger partial charge in [0, 0.05) is 15.8 Å². The fourth-order valence-corrected chi connectivity index (χ4v) is 4.89. The van der Waals surface area contributed by atoms with Crippen molar-refractivity contribution in [2.75, 3.05) is 5.32 Å². The molecule has 140 valence electrons. The number of nitrogens with zero attached hydrogens (tertiary/aromatic N) is 2. The number of amides is 1. The van der Waals surface area contributed by atoms with Gasteiger partial charge in [-0.1, -0.05) is 42.5 Å². The van der Waals surface area contributed by atoms with E-state index in [1.807, 2.05) is 30.3 Å². The summed E-state index contributed by atoms with van der Waals surface area (Å²) in [6.07, 6.45) is 4.13. The summed E-state index contributed by atoms with van der Waals surface area (Å²) in [5.74, 6) is 4.75. The molecule has 0 bridgehead atoms. The number of benzene rings is 1. The number of rotatable bonds is 2. The van der Waals surface area contributed by atoms with Gasteiger partial charge in [-0.15, -0.1) is 11.3 Å². The fraction of sp³-hybridized carbons (Fsp3) is 0.200. The van der Waals surface area contributed by atoms with Crippen LogP contribution < -0.4 is 16.6 Å². The van der Waals surface area contributed by atoms with Crippen molar-refractivity contribution in [2.45, 2.75) is 25.7 Å². The van der Waals surface area contributed by atoms with Gasteiger partial charge in [0.1, 0.15) is 16.5 Å². The number of aryl methyl sites for hydroxylation is 2. The molecule has 3 aromatic rings. The van der Waals surface area contributed by atoms with E-state index in [1.165, 1.54) is 10.4 Å². The number of nitriles is 1. The number of pyridine rings is 1. The highest BCUT2D eigenvalue weighted by molar-refractivity contribution is 7.82. The minimum atomic E-state index is -0.545. The second kappa shape index (κ2) is 7.64. The number of carbonyl (C=O) groups excluding carboxylic acids is 1. The monoisotopic (exact) mass is 407 g/mol. The van der Waals surface area contributed by atoms with Crippen LogP contribution in [0.2, 0.25) is 0 Å². The number of hydrazine groups is 1. The van der Waals surface area contributed by atoms with Gasteiger partial charge in [-0.25, -0.2) is 10.8 Å². The minimum Gasteiger partial charge on any atom is -0.318 e. The summed E-state index contributed by atoms with van der Waals surface area (Å²) in [7, 11) is 0. The van der Waals surface area contributed by atoms with Gasteiger partial charge in [0.15, 0.2) is 4.99 Å². The SMILES string of the molecule is N#Cc1c(-c2ccccc2)nc2sc3c(c2c1NC(=O)C(=S)NN)CCCC3. The maximum absolute atomic E-state index is 12.5. The first-order chi connectivity index (χ1) is 13.6. The highest BCUT2D eigenvalue weighted by Gasteiger charge is 2.26. The standard InChI is InChI=1S/C20H17N5OS2/c21-10-13-16(11-6-2-1-3-7-11)24-20-15(12-8-4-5-9-14(12)28-20)17(13)23-18(26)19(27)25-22/h1-3,6-7H,4-5,8-9,22H2,(H,25,27)(H,23,24,26). The lowest BCUT2D eigenvalue weighted by atomic mass is 9.94. The molecule has 1 aromatic carbocycles. The normalized spacial score (nSPS) is 12.9. The summed E-state index contributed by atoms with van der Waals surface area (Å²) < 4.78 is 0. The summed E-state index contributed by atoms with van der Waals surface area (Å²) in [5, 5.41) is 13.6. The third-order valence-corrected chi connectivity index (χ3v) is 6.33. The van der Waals surface area contributed by atoms with E-state index < -0.39 is 5.91 Å². The molecule has 0 fully saturated rings. The molecule has 0 saturated carbocycles. The molecule has 4 rings (SSSR count). The van der Waals surface area contributed by atoms with Gasteiger partial charge in [-0.2, -0.15) is 5.26 Å². The zero-order valence-electron chi connectivity index (χ0n) is 14.9. The van der Waals surface area contributed by atoms with E-state index in [1.54, 1.807) is 11.3 Å². The number of nitrogens with one attached hydrogen (secondary N) is 2. The van der Waals surface area contributed by atoms with Crippen LogP contribution in [-0.4, -0.2) is 15.9 Å². The van der Waals surface area contributed by atoms with Crippen LogP contribution in [0.1, 0.15) is 28.8 Å². The Morgan fingerprint density at radius 3 is 2.71 bits per heavy atom. The van der Waals surface area contributed by atoms with Crippen LogP contribution in [-0.2, 0) is 17.6 Å². The molecule has 6 nitrogen and oxygen atoms in total. The maximum atomic E-state index is 12.5. The number of anilines is 1. The van der Waals surface area contributed by atoms with E-state index in [-0.39, 0.29) is 4.99 Å². The third kappa shape index (κ3) is 3.14. The second-order valence-corrected chi connectivity index (χ2v) is 8.00. The summed E-state index contributed by atoms with van der Waals surface area (Å²) in [4.78, 5) is 19.3. The van der Waals surface area contributed by atoms with Gasteiger partial charge < -0.3 is 10.7 Å². The van der Waals surface area contributed by atoms with Crippen LogP contribution in [0.5, 0.6) is 0 Å². The van der Waals surface area contributed by atoms with Crippen molar-refractivity contribution in [2.24, 2.45) is 5.84 Å². The smallest absolute Gasteiger partial charge is 0.284 e. The molecule has 1 aliphatic carbocycles. The van der Waals surface area contributed by atoms with Crippen molar-refractivity contribution in [3.8, 4) is 17.3 Å². The number of carbonyl (C=O) groups is 1. The number of thiocarbonyl (C=S) groups is 1. The highest BCUT2D eigenvalue weighted by atomic mass is 32.1. The van der Waals surface area contributed by atoms with Crippen LogP contribution in [0.15, 0.2) is 30.3 Å². The van der Waals surface area contributed by atoms with E-state index in [4.69, 9.17) is 23.0 Å². The Kier molecular flexibility index (Phi) is 5.05. The zero-order valence-corrected chi connectivity index (χ0v) is 16.5. The van der Waals surface area contributed by atoms with Gasteiger partial charge in [-0.3, -0.25) is 4.79 Å². The lowest BCUT2D eigenvalue weighted by molar-refractivity contribution is -0.110. The average Bonchev–Trinajstić information content (AvgIpc) is 3.11. The Labute approximate surface area is 171 Å². The van der Waals surface area contributed by atoms with E-state index in [2.05, 4.69) is 16.8 Å². The highest BCUT2D eigenvalue weighted by Crippen LogP contribution is 2.43. The first-order valence-corrected chi connectivity index (χ1v) is 10.1. The van der Waals surface area contributed by atoms with Crippen molar-refractivity contribution in [3.05, 3.63) is 46.3 Å². The Hall–Kier alpha value is -2.86. The molecular formula is C20H17N5OS2. The zero-order chi connectivity index (χ0) is 19.7. The summed E-state index contributed by atoms with van der Waals surface area (Å²) in [6, 6.07) is 11.8. The molecule has 0 atom stereocenters. The molecule has 0 aliphatic heterocycles. The molecule has 8 heteroatoms. The Morgan fingerprint density at radius 1 is 1.25 bits per heavy atom. The molecule has 28 heavy (non-hydrogen) atoms. The minimum absolute atomic E-state index is 0.140. The maximum Gasteiger partial charge on any atom is 0.284 e. The van der Waals surface area contributed by atoms with Crippen LogP contribution in [0, 0.1) is 11.3 Å². The number of nitrogens with two attached hydrogens (primary N) is 1. The predicted molar refractivity (Wildman–Crippen MR) is 115 cm³/mol. The van der Waals surface area contributed by atoms with E-state index in [0.717, 1.165) is 41.5 Å². The van der Waals surface area contributed by atoms with Gasteiger partial charge >= 0.3 is 0 Å². The molecule has 0 spiro atoms. The van der Waals surface area contributed by atoms with E-state index in [9.17, 15) is 10.1 Å². The quantitative estimate of drug-likeness (QED) is 0.342. The number of aromatic nitrogens is 1. The third-order valence-electron chi connectivity index (χ3n) is 4.84. The molecule has 1 aliphatic rings. The molecule has 1 amide bonds. The Bertz CT molecular complexity index is 1130. The second-order valence-electron chi connectivity index (χ2n) is 6.51. The first kappa shape index (κ1) is 18.5. The lowest BCUT2D eigenvalue weighted by Crippen LogP contribution is -2.38. The van der Waals surface area contributed by atoms with Crippen LogP contribution >= 0.6 is 23.6 Å². The molecule has 0 radical (unpaired) electrons. The van der Waals surface area contributed by atoms with E-state index in [0.29, 0.717) is 16.9 Å². The molecule has 0 saturated heterocycles. The van der Waals surface area contributed by atoms with Gasteiger partial charge in [0.2, 0.25) is 0 Å². The number of thiophene rings is 1. The van der Waals surface area contributed by atoms with Crippen molar-refractivity contribution in [3.63, 3.8) is 0 Å². The number of hydrogen-bond donors (Lipinski definition) is 3.